The molecule has 0 amide bonds. The number of rotatable bonds is 0. The predicted octanol–water partition coefficient (Wildman–Crippen LogP) is -2.19. The van der Waals surface area contributed by atoms with Gasteiger partial charge in [0, 0.05) is 0 Å². The second-order valence-electron chi connectivity index (χ2n) is 2.91. The molecule has 1 heterocycles. The Morgan fingerprint density at radius 1 is 1.36 bits per heavy atom. The van der Waals surface area contributed by atoms with Gasteiger partial charge in [-0.3, -0.25) is 0 Å². The van der Waals surface area contributed by atoms with Crippen molar-refractivity contribution in [3.8, 4) is 0 Å². The third-order valence-corrected chi connectivity index (χ3v) is 1.97. The van der Waals surface area contributed by atoms with Gasteiger partial charge in [-0.25, -0.2) is 0 Å². The van der Waals surface area contributed by atoms with Gasteiger partial charge in [-0.1, -0.05) is 0 Å². The van der Waals surface area contributed by atoms with E-state index in [1.165, 1.54) is 6.92 Å². The van der Waals surface area contributed by atoms with E-state index >= 15 is 0 Å². The van der Waals surface area contributed by atoms with Crippen LogP contribution in [0.2, 0.25) is 0 Å². The molecule has 0 spiro atoms. The Labute approximate surface area is 63.8 Å². The van der Waals surface area contributed by atoms with E-state index in [0.717, 1.165) is 0 Å². The summed E-state index contributed by atoms with van der Waals surface area (Å²) in [5.74, 6) is 0. The van der Waals surface area contributed by atoms with Gasteiger partial charge < -0.3 is 25.2 Å². The maximum absolute atomic E-state index is 9.34. The van der Waals surface area contributed by atoms with Gasteiger partial charge in [0.1, 0.15) is 17.8 Å². The topological polar surface area (TPSA) is 90.2 Å². The summed E-state index contributed by atoms with van der Waals surface area (Å²) in [6, 6.07) is 0. The van der Waals surface area contributed by atoms with Crippen molar-refractivity contribution < 1.29 is 25.2 Å². The van der Waals surface area contributed by atoms with E-state index in [-0.39, 0.29) is 6.61 Å². The molecule has 0 aliphatic carbocycles. The monoisotopic (exact) mass is 164 g/mol. The molecule has 5 nitrogen and oxygen atoms in total. The Morgan fingerprint density at radius 2 is 1.91 bits per heavy atom. The molecule has 1 aliphatic heterocycles. The number of aliphatic hydroxyl groups is 4. The van der Waals surface area contributed by atoms with Crippen LogP contribution in [0.25, 0.3) is 0 Å². The molecule has 11 heavy (non-hydrogen) atoms. The van der Waals surface area contributed by atoms with Crippen LogP contribution in [0.5, 0.6) is 0 Å². The highest BCUT2D eigenvalue weighted by Crippen LogP contribution is 2.23. The van der Waals surface area contributed by atoms with Gasteiger partial charge in [0.15, 0.2) is 6.29 Å². The summed E-state index contributed by atoms with van der Waals surface area (Å²) in [7, 11) is 0. The van der Waals surface area contributed by atoms with Crippen LogP contribution in [0.4, 0.5) is 0 Å². The maximum Gasteiger partial charge on any atom is 0.183 e. The van der Waals surface area contributed by atoms with Gasteiger partial charge in [-0.15, -0.1) is 0 Å². The second-order valence-corrected chi connectivity index (χ2v) is 2.91. The van der Waals surface area contributed by atoms with E-state index in [2.05, 4.69) is 4.74 Å². The summed E-state index contributed by atoms with van der Waals surface area (Å²) >= 11 is 0. The van der Waals surface area contributed by atoms with Gasteiger partial charge in [0.2, 0.25) is 0 Å². The van der Waals surface area contributed by atoms with E-state index in [1.807, 2.05) is 0 Å². The van der Waals surface area contributed by atoms with Crippen molar-refractivity contribution in [2.45, 2.75) is 31.0 Å². The van der Waals surface area contributed by atoms with Crippen molar-refractivity contribution in [1.82, 2.24) is 0 Å². The molecule has 0 aromatic carbocycles. The summed E-state index contributed by atoms with van der Waals surface area (Å²) in [5.41, 5.74) is -1.70. The lowest BCUT2D eigenvalue weighted by atomic mass is 9.90. The first kappa shape index (κ1) is 8.89. The summed E-state index contributed by atoms with van der Waals surface area (Å²) in [4.78, 5) is 0. The quantitative estimate of drug-likeness (QED) is 0.326. The average molecular weight is 164 g/mol. The standard InChI is InChI=1S/C6H12O5/c1-6(10)3(7)2-11-5(9)4(6)8/h3-5,7-10H,2H2,1H3/t3-,4+,5+,6+/m1/s1. The fraction of sp³-hybridized carbons (Fsp3) is 1.00. The van der Waals surface area contributed by atoms with Gasteiger partial charge in [-0.2, -0.15) is 0 Å². The third-order valence-electron chi connectivity index (χ3n) is 1.97. The van der Waals surface area contributed by atoms with Crippen LogP contribution in [0.1, 0.15) is 6.92 Å². The third kappa shape index (κ3) is 1.38. The first-order valence-corrected chi connectivity index (χ1v) is 3.34. The first-order chi connectivity index (χ1) is 4.96. The fourth-order valence-electron chi connectivity index (χ4n) is 0.935. The minimum absolute atomic E-state index is 0.175. The Balaban J connectivity index is 2.72. The molecule has 4 atom stereocenters. The van der Waals surface area contributed by atoms with Crippen molar-refractivity contribution in [2.24, 2.45) is 0 Å². The molecule has 1 fully saturated rings. The summed E-state index contributed by atoms with van der Waals surface area (Å²) in [5, 5.41) is 36.4. The maximum atomic E-state index is 9.34. The molecule has 1 aliphatic rings. The zero-order chi connectivity index (χ0) is 8.65. The van der Waals surface area contributed by atoms with Crippen molar-refractivity contribution in [3.05, 3.63) is 0 Å². The lowest BCUT2D eigenvalue weighted by molar-refractivity contribution is -0.286. The van der Waals surface area contributed by atoms with Gasteiger partial charge in [0.05, 0.1) is 6.61 Å². The predicted molar refractivity (Wildman–Crippen MR) is 34.6 cm³/mol. The molecule has 4 N–H and O–H groups in total. The number of ether oxygens (including phenoxy) is 1. The number of hydrogen-bond donors (Lipinski definition) is 4. The van der Waals surface area contributed by atoms with Crippen molar-refractivity contribution in [3.63, 3.8) is 0 Å². The van der Waals surface area contributed by atoms with Crippen LogP contribution in [0.15, 0.2) is 0 Å². The molecular formula is C6H12O5. The highest BCUT2D eigenvalue weighted by molar-refractivity contribution is 4.93. The number of hydrogen-bond acceptors (Lipinski definition) is 5. The first-order valence-electron chi connectivity index (χ1n) is 3.34. The van der Waals surface area contributed by atoms with Gasteiger partial charge in [0.25, 0.3) is 0 Å². The molecular weight excluding hydrogens is 152 g/mol. The minimum Gasteiger partial charge on any atom is -0.388 e. The van der Waals surface area contributed by atoms with Crippen LogP contribution < -0.4 is 0 Å². The molecule has 5 heteroatoms. The Morgan fingerprint density at radius 3 is 2.36 bits per heavy atom. The van der Waals surface area contributed by atoms with Crippen LogP contribution in [0.3, 0.4) is 0 Å². The van der Waals surface area contributed by atoms with Crippen molar-refractivity contribution in [1.29, 1.82) is 0 Å². The van der Waals surface area contributed by atoms with E-state index in [0.29, 0.717) is 0 Å². The summed E-state index contributed by atoms with van der Waals surface area (Å²) < 4.78 is 4.53. The van der Waals surface area contributed by atoms with Crippen molar-refractivity contribution in [2.75, 3.05) is 6.61 Å². The van der Waals surface area contributed by atoms with Crippen LogP contribution >= 0.6 is 0 Å². The molecule has 0 bridgehead atoms. The highest BCUT2D eigenvalue weighted by atomic mass is 16.6. The molecule has 0 radical (unpaired) electrons. The minimum atomic E-state index is -1.70. The smallest absolute Gasteiger partial charge is 0.183 e. The van der Waals surface area contributed by atoms with Crippen molar-refractivity contribution >= 4 is 0 Å². The highest BCUT2D eigenvalue weighted by Gasteiger charge is 2.46. The zero-order valence-corrected chi connectivity index (χ0v) is 6.14. The van der Waals surface area contributed by atoms with Crippen LogP contribution in [0, 0.1) is 0 Å². The molecule has 0 saturated carbocycles. The lowest BCUT2D eigenvalue weighted by Crippen LogP contribution is -2.61. The largest absolute Gasteiger partial charge is 0.388 e. The molecule has 1 rings (SSSR count). The molecule has 66 valence electrons. The van der Waals surface area contributed by atoms with Crippen LogP contribution in [-0.4, -0.2) is 51.1 Å². The average Bonchev–Trinajstić information content (AvgIpc) is 1.95. The molecule has 1 saturated heterocycles. The normalized spacial score (nSPS) is 52.6. The van der Waals surface area contributed by atoms with E-state index in [4.69, 9.17) is 15.3 Å². The Kier molecular flexibility index (Phi) is 2.17. The van der Waals surface area contributed by atoms with E-state index in [1.54, 1.807) is 0 Å². The lowest BCUT2D eigenvalue weighted by Gasteiger charge is -2.40. The fourth-order valence-corrected chi connectivity index (χ4v) is 0.935. The molecule has 0 unspecified atom stereocenters. The summed E-state index contributed by atoms with van der Waals surface area (Å²) in [6.45, 7) is 1.07. The Hall–Kier alpha value is -0.200. The number of aliphatic hydroxyl groups excluding tert-OH is 3. The van der Waals surface area contributed by atoms with Gasteiger partial charge in [-0.05, 0) is 6.92 Å². The second kappa shape index (κ2) is 2.69. The van der Waals surface area contributed by atoms with Crippen LogP contribution in [-0.2, 0) is 4.74 Å². The zero-order valence-electron chi connectivity index (χ0n) is 6.14. The molecule has 0 aromatic heterocycles. The summed E-state index contributed by atoms with van der Waals surface area (Å²) in [6.07, 6.45) is -4.06. The van der Waals surface area contributed by atoms with E-state index < -0.39 is 24.1 Å². The Bertz CT molecular complexity index is 146. The van der Waals surface area contributed by atoms with Gasteiger partial charge >= 0.3 is 0 Å². The SMILES string of the molecule is C[C@]1(O)[C@H](O)CO[C@H](O)[C@@H]1O. The van der Waals surface area contributed by atoms with E-state index in [9.17, 15) is 5.11 Å². The molecule has 0 aromatic rings.